The molecule has 5 aromatic rings. The van der Waals surface area contributed by atoms with Gasteiger partial charge in [-0.2, -0.15) is 0 Å². The van der Waals surface area contributed by atoms with Crippen molar-refractivity contribution in [1.29, 1.82) is 0 Å². The number of aliphatic hydroxyl groups is 17. The number of phenols is 3. The number of carboxylic acids is 1. The maximum atomic E-state index is 13.1. The van der Waals surface area contributed by atoms with Crippen LogP contribution in [0.25, 0.3) is 34.4 Å². The second kappa shape index (κ2) is 34.2. The van der Waals surface area contributed by atoms with Crippen molar-refractivity contribution < 1.29 is 192 Å². The number of carboxylic acid groups (broad SMARTS) is 1. The van der Waals surface area contributed by atoms with Gasteiger partial charge >= 0.3 is 35.2 Å². The van der Waals surface area contributed by atoms with Crippen LogP contribution in [0.5, 0.6) is 46.0 Å². The molecule has 6 heterocycles. The third-order valence-electron chi connectivity index (χ3n) is 17.1. The van der Waals surface area contributed by atoms with E-state index < -0.39 is 263 Å². The van der Waals surface area contributed by atoms with Crippen molar-refractivity contribution in [3.63, 3.8) is 0 Å². The summed E-state index contributed by atoms with van der Waals surface area (Å²) in [6.07, 6.45) is -43.7. The molecule has 25 atom stereocenters. The van der Waals surface area contributed by atoms with E-state index in [1.165, 1.54) is 60.7 Å². The molecule has 0 bridgehead atoms. The van der Waals surface area contributed by atoms with E-state index in [0.29, 0.717) is 11.1 Å². The molecule has 4 aromatic carbocycles. The van der Waals surface area contributed by atoms with E-state index in [4.69, 9.17) is 71.1 Å². The summed E-state index contributed by atoms with van der Waals surface area (Å²) in [6, 6.07) is 15.9. The number of aliphatic hydroxyl groups excluding tert-OH is 17. The smallest absolute Gasteiger partial charge is 0.402 e. The zero-order chi connectivity index (χ0) is 76.0. The number of esters is 3. The number of phenolic OH excluding ortho intramolecular Hbond substituents is 3. The lowest BCUT2D eigenvalue weighted by molar-refractivity contribution is -0.279. The Morgan fingerprint density at radius 2 is 0.762 bits per heavy atom. The second-order valence-corrected chi connectivity index (χ2v) is 24.5. The zero-order valence-electron chi connectivity index (χ0n) is 54.2. The van der Waals surface area contributed by atoms with E-state index in [2.05, 4.69) is 0 Å². The molecule has 5 saturated heterocycles. The maximum Gasteiger partial charge on any atom is 0.402 e. The van der Waals surface area contributed by atoms with E-state index in [9.17, 15) is 121 Å². The Morgan fingerprint density at radius 3 is 1.14 bits per heavy atom. The van der Waals surface area contributed by atoms with Crippen LogP contribution in [0.15, 0.2) is 95.4 Å². The molecule has 10 rings (SSSR count). The molecular weight excluding hydrogens is 1420 g/mol. The van der Waals surface area contributed by atoms with Crippen LogP contribution in [0, 0.1) is 0 Å². The summed E-state index contributed by atoms with van der Waals surface area (Å²) in [5.74, 6) is -10.3. The second-order valence-electron chi connectivity index (χ2n) is 24.5. The van der Waals surface area contributed by atoms with E-state index >= 15 is 0 Å². The van der Waals surface area contributed by atoms with E-state index in [-0.39, 0.29) is 22.5 Å². The number of carbonyl (C=O) groups excluding carboxylic acids is 3. The molecule has 21 N–H and O–H groups in total. The third kappa shape index (κ3) is 18.4. The quantitative estimate of drug-likeness (QED) is 0.00850. The number of ether oxygens (including phenoxy) is 13. The number of hydrogen-bond acceptors (Lipinski definition) is 37. The number of fused-ring (bicyclic) bond motifs is 1. The lowest BCUT2D eigenvalue weighted by atomic mass is 9.99. The van der Waals surface area contributed by atoms with Crippen LogP contribution >= 0.6 is 0 Å². The van der Waals surface area contributed by atoms with Gasteiger partial charge in [0.2, 0.25) is 42.9 Å². The number of carbonyl (C=O) groups is 4. The lowest BCUT2D eigenvalue weighted by Crippen LogP contribution is -2.60. The summed E-state index contributed by atoms with van der Waals surface area (Å²) in [6.45, 7) is -4.11. The molecule has 39 nitrogen and oxygen atoms in total. The SMILES string of the molecule is O=C(O)CC(=O)OC[C@H]1O[C@@H](Oc2cc3c(O)cc(O)cc3[o+]c2-c2cc(O[C@@H]3O[C@H](COC(=O)/C=C/c4ccc(O[C@@H]5O[C@H](CO)[C@@H](O)[C@H](O)[C@H]5O)cc4)[C@@H](O)[C@H](O)[C@H]3O)c(O)c(O[C@@H]3O[C@H](COC(=O)/C=C/c4ccc(O[C@@H]5O[C@H](CO)[C@@H](O)[C@H](O)[C@H]5O)cc4)[C@@H](O)[C@H](O)[C@H]3O)c2)[C@H](O)[C@@H](O)[C@@H]1O. The highest BCUT2D eigenvalue weighted by Crippen LogP contribution is 2.48. The molecule has 0 saturated carbocycles. The molecule has 0 amide bonds. The first-order chi connectivity index (χ1) is 49.9. The number of aliphatic carboxylic acids is 1. The Hall–Kier alpha value is -8.83. The van der Waals surface area contributed by atoms with Crippen molar-refractivity contribution in [2.75, 3.05) is 33.0 Å². The molecule has 5 fully saturated rings. The summed E-state index contributed by atoms with van der Waals surface area (Å²) < 4.78 is 78.9. The van der Waals surface area contributed by atoms with Gasteiger partial charge in [0.05, 0.1) is 24.8 Å². The molecule has 572 valence electrons. The van der Waals surface area contributed by atoms with E-state index in [1.54, 1.807) is 0 Å². The summed E-state index contributed by atoms with van der Waals surface area (Å²) in [4.78, 5) is 49.6. The van der Waals surface area contributed by atoms with E-state index in [1.807, 2.05) is 0 Å². The van der Waals surface area contributed by atoms with Crippen molar-refractivity contribution in [2.45, 2.75) is 160 Å². The first kappa shape index (κ1) is 78.8. The van der Waals surface area contributed by atoms with Crippen molar-refractivity contribution in [2.24, 2.45) is 0 Å². The van der Waals surface area contributed by atoms with Gasteiger partial charge in [0.15, 0.2) is 11.5 Å². The van der Waals surface area contributed by atoms with Crippen molar-refractivity contribution in [3.05, 3.63) is 102 Å². The van der Waals surface area contributed by atoms with Crippen LogP contribution in [0.3, 0.4) is 0 Å². The molecule has 39 heteroatoms. The summed E-state index contributed by atoms with van der Waals surface area (Å²) in [7, 11) is 0. The minimum absolute atomic E-state index is 0.0894. The fourth-order valence-corrected chi connectivity index (χ4v) is 11.2. The van der Waals surface area contributed by atoms with Crippen LogP contribution in [0.4, 0.5) is 0 Å². The highest BCUT2D eigenvalue weighted by atomic mass is 16.7. The van der Waals surface area contributed by atoms with Gasteiger partial charge < -0.3 is 169 Å². The van der Waals surface area contributed by atoms with Gasteiger partial charge in [-0.05, 0) is 47.5 Å². The minimum Gasteiger partial charge on any atom is -0.507 e. The number of aromatic hydroxyl groups is 3. The molecule has 5 aliphatic heterocycles. The first-order valence-corrected chi connectivity index (χ1v) is 31.9. The molecule has 1 aromatic heterocycles. The molecule has 105 heavy (non-hydrogen) atoms. The normalized spacial score (nSPS) is 33.6. The third-order valence-corrected chi connectivity index (χ3v) is 17.1. The van der Waals surface area contributed by atoms with Crippen LogP contribution in [0.1, 0.15) is 17.5 Å². The monoisotopic (exact) mass is 1490 g/mol. The minimum atomic E-state index is -2.27. The summed E-state index contributed by atoms with van der Waals surface area (Å²) in [5, 5.41) is 223. The number of rotatable bonds is 25. The van der Waals surface area contributed by atoms with Crippen LogP contribution in [-0.2, 0) is 57.1 Å². The Balaban J connectivity index is 0.905. The van der Waals surface area contributed by atoms with Crippen molar-refractivity contribution in [3.8, 4) is 57.3 Å². The number of hydrogen-bond donors (Lipinski definition) is 21. The average Bonchev–Trinajstić information content (AvgIpc) is 0.767. The first-order valence-electron chi connectivity index (χ1n) is 31.9. The summed E-state index contributed by atoms with van der Waals surface area (Å²) in [5.41, 5.74) is -0.124. The van der Waals surface area contributed by atoms with Gasteiger partial charge in [-0.3, -0.25) is 9.59 Å². The highest BCUT2D eigenvalue weighted by Gasteiger charge is 2.51. The Labute approximate surface area is 590 Å². The van der Waals surface area contributed by atoms with Gasteiger partial charge in [0, 0.05) is 36.4 Å². The van der Waals surface area contributed by atoms with Crippen LogP contribution in [-0.4, -0.2) is 318 Å². The fraction of sp³-hybridized carbons (Fsp3) is 0.470. The van der Waals surface area contributed by atoms with Gasteiger partial charge in [-0.15, -0.1) is 0 Å². The maximum absolute atomic E-state index is 13.1. The molecule has 5 aliphatic rings. The van der Waals surface area contributed by atoms with Crippen molar-refractivity contribution in [1.82, 2.24) is 0 Å². The largest absolute Gasteiger partial charge is 0.507 e. The average molecular weight is 1490 g/mol. The molecule has 0 aliphatic carbocycles. The van der Waals surface area contributed by atoms with Crippen molar-refractivity contribution >= 4 is 47.0 Å². The van der Waals surface area contributed by atoms with E-state index in [0.717, 1.165) is 42.5 Å². The number of benzene rings is 4. The Kier molecular flexibility index (Phi) is 25.6. The lowest BCUT2D eigenvalue weighted by Gasteiger charge is -2.40. The van der Waals surface area contributed by atoms with Gasteiger partial charge in [0.1, 0.15) is 177 Å². The van der Waals surface area contributed by atoms with Crippen LogP contribution in [0.2, 0.25) is 0 Å². The zero-order valence-corrected chi connectivity index (χ0v) is 54.2. The molecule has 0 radical (unpaired) electrons. The van der Waals surface area contributed by atoms with Crippen LogP contribution < -0.4 is 23.7 Å². The Bertz CT molecular complexity index is 3710. The van der Waals surface area contributed by atoms with Gasteiger partial charge in [-0.1, -0.05) is 24.3 Å². The highest BCUT2D eigenvalue weighted by molar-refractivity contribution is 5.91. The summed E-state index contributed by atoms with van der Waals surface area (Å²) >= 11 is 0. The van der Waals surface area contributed by atoms with Gasteiger partial charge in [0.25, 0.3) is 0 Å². The molecular formula is C66H75O39+. The molecule has 0 unspecified atom stereocenters. The van der Waals surface area contributed by atoms with Gasteiger partial charge in [-0.25, -0.2) is 14.0 Å². The topological polar surface area (TPSA) is 624 Å². The standard InChI is InChI=1S/C66H74O39/c67-19-36-46(77)51(82)56(87)62(101-36)95-28-7-1-24(2-8-28)5-11-42(73)92-21-38-48(79)53(84)58(89)64(103-38)98-33-13-26(61-35(17-30-31(70)15-27(69)16-32(30)97-61)100-66-60(91)55(86)50(81)40(105-66)23-94-44(75)18-41(71)72)14-34(45(33)76)99-65-59(90)54(85)49(80)39(104-65)22-93-43(74)12-6-25-3-9-29(10-4-25)96-63-57(88)52(83)47(78)37(20-68)102-63/h1-17,36-40,46-60,62-68,77-91H,18-23H2,(H3-,69,70,71,72,76)/p+1/b11-5+,12-6+/t36-,37-,38-,39-,40-,46-,47-,48-,49-,50-,51+,52+,53+,54+,55+,56-,57-,58-,59-,60-,62-,63-,64-,65-,66-/m1/s1. The Morgan fingerprint density at radius 1 is 0.410 bits per heavy atom. The fourth-order valence-electron chi connectivity index (χ4n) is 11.2. The predicted octanol–water partition coefficient (Wildman–Crippen LogP) is -6.05. The molecule has 0 spiro atoms. The predicted molar refractivity (Wildman–Crippen MR) is 338 cm³/mol.